The summed E-state index contributed by atoms with van der Waals surface area (Å²) in [6.45, 7) is 19.6. The van der Waals surface area contributed by atoms with Crippen molar-refractivity contribution in [3.8, 4) is 0 Å². The Bertz CT molecular complexity index is 1450. The molecule has 12 nitrogen and oxygen atoms in total. The monoisotopic (exact) mass is 551 g/mol. The average molecular weight is 552 g/mol. The topological polar surface area (TPSA) is 128 Å². The molecule has 12 heteroatoms. The molecule has 2 saturated heterocycles. The minimum Gasteiger partial charge on any atom is -0.423 e. The number of allylic oxidation sites excluding steroid dienone is 1. The number of hydrogen-bond acceptors (Lipinski definition) is 9. The van der Waals surface area contributed by atoms with E-state index in [1.54, 1.807) is 11.6 Å². The van der Waals surface area contributed by atoms with Crippen molar-refractivity contribution in [1.82, 2.24) is 28.5 Å². The van der Waals surface area contributed by atoms with Gasteiger partial charge in [0.15, 0.2) is 11.2 Å². The van der Waals surface area contributed by atoms with Crippen LogP contribution in [-0.4, -0.2) is 86.1 Å². The second-order valence-corrected chi connectivity index (χ2v) is 10.7. The normalized spacial score (nSPS) is 16.8. The highest BCUT2D eigenvalue weighted by atomic mass is 16.5. The number of aryl methyl sites for hydroxylation is 1. The van der Waals surface area contributed by atoms with Crippen molar-refractivity contribution in [3.05, 3.63) is 57.9 Å². The fraction of sp³-hybridized carbons (Fsp3) is 0.536. The number of likely N-dealkylation sites (tertiary alicyclic amines) is 1. The molecule has 0 saturated carbocycles. The Morgan fingerprint density at radius 3 is 2.30 bits per heavy atom. The molecule has 4 heterocycles. The molecule has 0 aromatic carbocycles. The Hall–Kier alpha value is -3.93. The van der Waals surface area contributed by atoms with Gasteiger partial charge in [-0.3, -0.25) is 34.2 Å². The summed E-state index contributed by atoms with van der Waals surface area (Å²) in [6.07, 6.45) is 4.97. The third-order valence-electron chi connectivity index (χ3n) is 8.06. The first kappa shape index (κ1) is 29.1. The molecular formula is C28H41N9O3. The van der Waals surface area contributed by atoms with Gasteiger partial charge in [-0.1, -0.05) is 25.8 Å². The van der Waals surface area contributed by atoms with Crippen LogP contribution in [0.3, 0.4) is 0 Å². The first-order valence-electron chi connectivity index (χ1n) is 13.7. The van der Waals surface area contributed by atoms with Gasteiger partial charge in [0, 0.05) is 64.6 Å². The molecule has 4 rings (SSSR count). The summed E-state index contributed by atoms with van der Waals surface area (Å²) < 4.78 is 9.36. The number of aromatic nitrogens is 4. The molecule has 0 radical (unpaired) electrons. The lowest BCUT2D eigenvalue weighted by atomic mass is 9.93. The molecule has 0 unspecified atom stereocenters. The Labute approximate surface area is 234 Å². The molecule has 0 spiro atoms. The van der Waals surface area contributed by atoms with Gasteiger partial charge in [-0.15, -0.1) is 0 Å². The van der Waals surface area contributed by atoms with Crippen LogP contribution in [0.15, 0.2) is 46.7 Å². The molecule has 216 valence electrons. The van der Waals surface area contributed by atoms with Crippen molar-refractivity contribution in [2.24, 2.45) is 20.0 Å². The molecule has 0 amide bonds. The first-order valence-corrected chi connectivity index (χ1v) is 13.7. The zero-order chi connectivity index (χ0) is 29.1. The van der Waals surface area contributed by atoms with Crippen molar-refractivity contribution in [1.29, 1.82) is 10.8 Å². The van der Waals surface area contributed by atoms with Crippen LogP contribution in [-0.2, 0) is 25.4 Å². The lowest BCUT2D eigenvalue weighted by Gasteiger charge is -2.37. The smallest absolute Gasteiger partial charge is 0.332 e. The highest BCUT2D eigenvalue weighted by molar-refractivity contribution is 6.00. The van der Waals surface area contributed by atoms with E-state index in [0.29, 0.717) is 19.0 Å². The SMILES string of the molecule is C=CC(=C)C(=N)OC(=N)Cn1c(N2CCN(CCC3CCN(C(=C)C)CC3)CC2)nc2c1c(=O)n(C)c(=O)n2C. The van der Waals surface area contributed by atoms with E-state index in [-0.39, 0.29) is 35.1 Å². The number of hydrogen-bond donors (Lipinski definition) is 2. The predicted octanol–water partition coefficient (Wildman–Crippen LogP) is 1.90. The van der Waals surface area contributed by atoms with Crippen LogP contribution in [0, 0.1) is 16.7 Å². The van der Waals surface area contributed by atoms with Crippen LogP contribution in [0.5, 0.6) is 0 Å². The fourth-order valence-electron chi connectivity index (χ4n) is 5.42. The summed E-state index contributed by atoms with van der Waals surface area (Å²) in [7, 11) is 3.00. The Morgan fingerprint density at radius 1 is 1.05 bits per heavy atom. The van der Waals surface area contributed by atoms with Crippen molar-refractivity contribution < 1.29 is 4.74 Å². The Balaban J connectivity index is 1.50. The number of nitrogens with zero attached hydrogens (tertiary/aromatic N) is 7. The maximum Gasteiger partial charge on any atom is 0.332 e. The molecular weight excluding hydrogens is 510 g/mol. The van der Waals surface area contributed by atoms with E-state index in [2.05, 4.69) is 41.4 Å². The maximum absolute atomic E-state index is 13.2. The van der Waals surface area contributed by atoms with Gasteiger partial charge in [0.25, 0.3) is 5.56 Å². The molecule has 2 aliphatic rings. The van der Waals surface area contributed by atoms with Crippen LogP contribution in [0.4, 0.5) is 5.95 Å². The fourth-order valence-corrected chi connectivity index (χ4v) is 5.42. The molecule has 2 aromatic rings. The van der Waals surface area contributed by atoms with Gasteiger partial charge in [-0.25, -0.2) is 4.79 Å². The molecule has 2 fully saturated rings. The maximum atomic E-state index is 13.2. The van der Waals surface area contributed by atoms with E-state index in [0.717, 1.165) is 48.9 Å². The van der Waals surface area contributed by atoms with Gasteiger partial charge < -0.3 is 14.5 Å². The lowest BCUT2D eigenvalue weighted by molar-refractivity contribution is 0.186. The number of rotatable bonds is 9. The molecule has 40 heavy (non-hydrogen) atoms. The number of piperazine rings is 1. The lowest BCUT2D eigenvalue weighted by Crippen LogP contribution is -2.48. The van der Waals surface area contributed by atoms with E-state index in [9.17, 15) is 9.59 Å². The summed E-state index contributed by atoms with van der Waals surface area (Å²) >= 11 is 0. The quantitative estimate of drug-likeness (QED) is 0.277. The van der Waals surface area contributed by atoms with E-state index < -0.39 is 11.2 Å². The standard InChI is InChI=1S/C28H41N9O3/c1-7-20(4)24(30)40-22(29)18-37-23-25(32(5)28(39)33(6)26(23)38)31-27(37)36-16-14-34(15-17-36)11-8-21-9-12-35(13-10-21)19(2)3/h7,21,29-30H,1-2,4,8-18H2,3,5-6H3. The van der Waals surface area contributed by atoms with Crippen LogP contribution in [0.1, 0.15) is 26.2 Å². The highest BCUT2D eigenvalue weighted by Gasteiger charge is 2.27. The van der Waals surface area contributed by atoms with Gasteiger partial charge in [-0.05, 0) is 38.6 Å². The molecule has 0 aliphatic carbocycles. The summed E-state index contributed by atoms with van der Waals surface area (Å²) in [5, 5.41) is 16.4. The number of ether oxygens (including phenoxy) is 1. The van der Waals surface area contributed by atoms with Crippen molar-refractivity contribution in [2.45, 2.75) is 32.7 Å². The molecule has 2 N–H and O–H groups in total. The largest absolute Gasteiger partial charge is 0.423 e. The zero-order valence-electron chi connectivity index (χ0n) is 23.9. The Morgan fingerprint density at radius 2 is 1.70 bits per heavy atom. The Kier molecular flexibility index (Phi) is 8.77. The summed E-state index contributed by atoms with van der Waals surface area (Å²) in [5.41, 5.74) is 0.905. The summed E-state index contributed by atoms with van der Waals surface area (Å²) in [5.74, 6) is 0.700. The van der Waals surface area contributed by atoms with Gasteiger partial charge in [-0.2, -0.15) is 4.98 Å². The second kappa shape index (κ2) is 12.1. The van der Waals surface area contributed by atoms with Gasteiger partial charge in [0.2, 0.25) is 17.7 Å². The van der Waals surface area contributed by atoms with E-state index in [1.165, 1.54) is 37.0 Å². The summed E-state index contributed by atoms with van der Waals surface area (Å²) in [6, 6.07) is 0. The van der Waals surface area contributed by atoms with Crippen LogP contribution >= 0.6 is 0 Å². The minimum atomic E-state index is -0.494. The summed E-state index contributed by atoms with van der Waals surface area (Å²) in [4.78, 5) is 37.4. The van der Waals surface area contributed by atoms with E-state index >= 15 is 0 Å². The zero-order valence-corrected chi connectivity index (χ0v) is 23.9. The number of piperidine rings is 1. The average Bonchev–Trinajstić information content (AvgIpc) is 3.32. The third-order valence-corrected chi connectivity index (χ3v) is 8.06. The molecule has 2 aromatic heterocycles. The van der Waals surface area contributed by atoms with Gasteiger partial charge >= 0.3 is 5.69 Å². The van der Waals surface area contributed by atoms with Crippen molar-refractivity contribution in [2.75, 3.05) is 50.7 Å². The number of anilines is 1. The van der Waals surface area contributed by atoms with Crippen LogP contribution in [0.25, 0.3) is 11.2 Å². The minimum absolute atomic E-state index is 0.130. The first-order chi connectivity index (χ1) is 19.0. The highest BCUT2D eigenvalue weighted by Crippen LogP contribution is 2.24. The third kappa shape index (κ3) is 5.96. The van der Waals surface area contributed by atoms with Crippen molar-refractivity contribution >= 4 is 28.9 Å². The second-order valence-electron chi connectivity index (χ2n) is 10.7. The van der Waals surface area contributed by atoms with Crippen molar-refractivity contribution in [3.63, 3.8) is 0 Å². The van der Waals surface area contributed by atoms with Gasteiger partial charge in [0.1, 0.15) is 6.54 Å². The number of nitrogens with one attached hydrogen (secondary N) is 2. The van der Waals surface area contributed by atoms with E-state index in [1.807, 2.05) is 0 Å². The predicted molar refractivity (Wildman–Crippen MR) is 158 cm³/mol. The number of imidazole rings is 1. The van der Waals surface area contributed by atoms with Crippen LogP contribution in [0.2, 0.25) is 0 Å². The van der Waals surface area contributed by atoms with Crippen LogP contribution < -0.4 is 16.1 Å². The molecule has 2 aliphatic heterocycles. The number of fused-ring (bicyclic) bond motifs is 1. The molecule has 0 bridgehead atoms. The molecule has 0 atom stereocenters. The van der Waals surface area contributed by atoms with Gasteiger partial charge in [0.05, 0.1) is 0 Å². The van der Waals surface area contributed by atoms with E-state index in [4.69, 9.17) is 20.5 Å².